The molecule has 132 valence electrons. The highest BCUT2D eigenvalue weighted by Gasteiger charge is 2.36. The lowest BCUT2D eigenvalue weighted by Crippen LogP contribution is -2.42. The standard InChI is InChI=1S/C17H20N4O3S/c1-12-18-9-8-15(19-12)13-5-3-6-14(11-13)20-17(22)16-7-4-10-21(16)25(2,23)24/h3,5-6,8-9,11,16H,4,7,10H2,1-2H3,(H,20,22)/t16-/m0/s1. The van der Waals surface area contributed by atoms with Crippen molar-refractivity contribution in [1.82, 2.24) is 14.3 Å². The van der Waals surface area contributed by atoms with Crippen LogP contribution in [0.1, 0.15) is 18.7 Å². The van der Waals surface area contributed by atoms with Crippen LogP contribution in [0, 0.1) is 6.92 Å². The minimum atomic E-state index is -3.39. The van der Waals surface area contributed by atoms with E-state index in [2.05, 4.69) is 15.3 Å². The lowest BCUT2D eigenvalue weighted by Gasteiger charge is -2.21. The van der Waals surface area contributed by atoms with Gasteiger partial charge in [-0.25, -0.2) is 18.4 Å². The van der Waals surface area contributed by atoms with Gasteiger partial charge < -0.3 is 5.32 Å². The van der Waals surface area contributed by atoms with Gasteiger partial charge in [0.05, 0.1) is 11.9 Å². The summed E-state index contributed by atoms with van der Waals surface area (Å²) in [4.78, 5) is 21.0. The van der Waals surface area contributed by atoms with Crippen LogP contribution >= 0.6 is 0 Å². The van der Waals surface area contributed by atoms with Crippen molar-refractivity contribution in [1.29, 1.82) is 0 Å². The zero-order valence-corrected chi connectivity index (χ0v) is 15.0. The number of carbonyl (C=O) groups is 1. The van der Waals surface area contributed by atoms with Gasteiger partial charge >= 0.3 is 0 Å². The quantitative estimate of drug-likeness (QED) is 0.898. The van der Waals surface area contributed by atoms with E-state index >= 15 is 0 Å². The van der Waals surface area contributed by atoms with Crippen LogP contribution in [0.5, 0.6) is 0 Å². The predicted octanol–water partition coefficient (Wildman–Crippen LogP) is 1.81. The molecule has 1 aromatic carbocycles. The van der Waals surface area contributed by atoms with Crippen molar-refractivity contribution >= 4 is 21.6 Å². The Kier molecular flexibility index (Phi) is 4.82. The van der Waals surface area contributed by atoms with E-state index in [0.717, 1.165) is 17.5 Å². The molecule has 1 aliphatic rings. The Hall–Kier alpha value is -2.32. The Labute approximate surface area is 147 Å². The van der Waals surface area contributed by atoms with E-state index in [1.54, 1.807) is 18.3 Å². The fourth-order valence-electron chi connectivity index (χ4n) is 3.00. The monoisotopic (exact) mass is 360 g/mol. The summed E-state index contributed by atoms with van der Waals surface area (Å²) >= 11 is 0. The molecule has 0 aliphatic carbocycles. The second-order valence-corrected chi connectivity index (χ2v) is 8.03. The summed E-state index contributed by atoms with van der Waals surface area (Å²) in [6, 6.07) is 8.46. The van der Waals surface area contributed by atoms with E-state index in [4.69, 9.17) is 0 Å². The number of anilines is 1. The maximum absolute atomic E-state index is 12.5. The first-order chi connectivity index (χ1) is 11.8. The SMILES string of the molecule is Cc1nccc(-c2cccc(NC(=O)[C@@H]3CCCN3S(C)(=O)=O)c2)n1. The molecule has 7 nitrogen and oxygen atoms in total. The lowest BCUT2D eigenvalue weighted by atomic mass is 10.1. The first kappa shape index (κ1) is 17.5. The summed E-state index contributed by atoms with van der Waals surface area (Å²) in [6.45, 7) is 2.20. The van der Waals surface area contributed by atoms with Crippen LogP contribution < -0.4 is 5.32 Å². The van der Waals surface area contributed by atoms with Crippen molar-refractivity contribution in [3.05, 3.63) is 42.4 Å². The number of amides is 1. The highest BCUT2D eigenvalue weighted by molar-refractivity contribution is 7.88. The molecule has 8 heteroatoms. The summed E-state index contributed by atoms with van der Waals surface area (Å²) < 4.78 is 24.9. The van der Waals surface area contributed by atoms with Gasteiger partial charge in [0.2, 0.25) is 15.9 Å². The normalized spacial score (nSPS) is 18.2. The fraction of sp³-hybridized carbons (Fsp3) is 0.353. The summed E-state index contributed by atoms with van der Waals surface area (Å²) in [5.41, 5.74) is 2.23. The Morgan fingerprint density at radius 2 is 2.12 bits per heavy atom. The van der Waals surface area contributed by atoms with Crippen molar-refractivity contribution in [2.45, 2.75) is 25.8 Å². The van der Waals surface area contributed by atoms with E-state index in [9.17, 15) is 13.2 Å². The van der Waals surface area contributed by atoms with Gasteiger partial charge in [-0.2, -0.15) is 4.31 Å². The Morgan fingerprint density at radius 1 is 1.32 bits per heavy atom. The molecule has 1 aliphatic heterocycles. The van der Waals surface area contributed by atoms with E-state index < -0.39 is 16.1 Å². The molecule has 1 fully saturated rings. The molecule has 0 saturated carbocycles. The Bertz CT molecular complexity index is 898. The number of benzene rings is 1. The molecule has 3 rings (SSSR count). The number of rotatable bonds is 4. The van der Waals surface area contributed by atoms with Gasteiger partial charge in [0.25, 0.3) is 0 Å². The molecule has 0 radical (unpaired) electrons. The van der Waals surface area contributed by atoms with Gasteiger partial charge in [-0.05, 0) is 38.0 Å². The highest BCUT2D eigenvalue weighted by Crippen LogP contribution is 2.24. The zero-order chi connectivity index (χ0) is 18.0. The number of hydrogen-bond donors (Lipinski definition) is 1. The average Bonchev–Trinajstić information content (AvgIpc) is 3.05. The number of aryl methyl sites for hydroxylation is 1. The number of carbonyl (C=O) groups excluding carboxylic acids is 1. The molecule has 1 aromatic heterocycles. The van der Waals surface area contributed by atoms with Gasteiger partial charge in [-0.15, -0.1) is 0 Å². The molecule has 1 saturated heterocycles. The Morgan fingerprint density at radius 3 is 2.84 bits per heavy atom. The summed E-state index contributed by atoms with van der Waals surface area (Å²) in [7, 11) is -3.39. The molecular weight excluding hydrogens is 340 g/mol. The maximum atomic E-state index is 12.5. The number of sulfonamides is 1. The fourth-order valence-corrected chi connectivity index (χ4v) is 4.12. The van der Waals surface area contributed by atoms with Gasteiger partial charge in [0.15, 0.2) is 0 Å². The predicted molar refractivity (Wildman–Crippen MR) is 95.4 cm³/mol. The van der Waals surface area contributed by atoms with Gasteiger partial charge in [0, 0.05) is 24.0 Å². The molecule has 2 aromatic rings. The van der Waals surface area contributed by atoms with Crippen LogP contribution in [0.4, 0.5) is 5.69 Å². The lowest BCUT2D eigenvalue weighted by molar-refractivity contribution is -0.119. The minimum Gasteiger partial charge on any atom is -0.325 e. The van der Waals surface area contributed by atoms with E-state index in [1.165, 1.54) is 4.31 Å². The van der Waals surface area contributed by atoms with Gasteiger partial charge in [-0.1, -0.05) is 12.1 Å². The third-order valence-corrected chi connectivity index (χ3v) is 5.42. The van der Waals surface area contributed by atoms with Crippen molar-refractivity contribution in [3.63, 3.8) is 0 Å². The topological polar surface area (TPSA) is 92.3 Å². The highest BCUT2D eigenvalue weighted by atomic mass is 32.2. The Balaban J connectivity index is 1.79. The number of aromatic nitrogens is 2. The largest absolute Gasteiger partial charge is 0.325 e. The second kappa shape index (κ2) is 6.89. The van der Waals surface area contributed by atoms with Gasteiger partial charge in [0.1, 0.15) is 11.9 Å². The van der Waals surface area contributed by atoms with Crippen molar-refractivity contribution < 1.29 is 13.2 Å². The van der Waals surface area contributed by atoms with Crippen molar-refractivity contribution in [2.24, 2.45) is 0 Å². The second-order valence-electron chi connectivity index (χ2n) is 6.09. The number of nitrogens with one attached hydrogen (secondary N) is 1. The van der Waals surface area contributed by atoms with Crippen molar-refractivity contribution in [2.75, 3.05) is 18.1 Å². The molecular formula is C17H20N4O3S. The first-order valence-corrected chi connectivity index (χ1v) is 9.87. The third kappa shape index (κ3) is 4.02. The summed E-state index contributed by atoms with van der Waals surface area (Å²) in [5, 5.41) is 2.82. The molecule has 0 unspecified atom stereocenters. The molecule has 1 amide bonds. The first-order valence-electron chi connectivity index (χ1n) is 8.02. The van der Waals surface area contributed by atoms with E-state index in [1.807, 2.05) is 25.1 Å². The van der Waals surface area contributed by atoms with Crippen molar-refractivity contribution in [3.8, 4) is 11.3 Å². The molecule has 25 heavy (non-hydrogen) atoms. The molecule has 1 N–H and O–H groups in total. The average molecular weight is 360 g/mol. The smallest absolute Gasteiger partial charge is 0.242 e. The van der Waals surface area contributed by atoms with Crippen LogP contribution in [-0.2, 0) is 14.8 Å². The van der Waals surface area contributed by atoms with Crippen LogP contribution in [-0.4, -0.2) is 47.4 Å². The van der Waals surface area contributed by atoms with Crippen LogP contribution in [0.2, 0.25) is 0 Å². The zero-order valence-electron chi connectivity index (χ0n) is 14.1. The van der Waals surface area contributed by atoms with Crippen LogP contribution in [0.15, 0.2) is 36.5 Å². The van der Waals surface area contributed by atoms with E-state index in [0.29, 0.717) is 30.9 Å². The number of nitrogens with zero attached hydrogens (tertiary/aromatic N) is 3. The number of hydrogen-bond acceptors (Lipinski definition) is 5. The maximum Gasteiger partial charge on any atom is 0.242 e. The molecule has 2 heterocycles. The molecule has 0 spiro atoms. The summed E-state index contributed by atoms with van der Waals surface area (Å²) in [6.07, 6.45) is 4.04. The van der Waals surface area contributed by atoms with E-state index in [-0.39, 0.29) is 5.91 Å². The van der Waals surface area contributed by atoms with Gasteiger partial charge in [-0.3, -0.25) is 4.79 Å². The minimum absolute atomic E-state index is 0.307. The molecule has 0 bridgehead atoms. The summed E-state index contributed by atoms with van der Waals surface area (Å²) in [5.74, 6) is 0.362. The van der Waals surface area contributed by atoms with Crippen LogP contribution in [0.25, 0.3) is 11.3 Å². The molecule has 1 atom stereocenters. The van der Waals surface area contributed by atoms with Crippen LogP contribution in [0.3, 0.4) is 0 Å². The third-order valence-electron chi connectivity index (χ3n) is 4.13.